The number of carbonyl (C=O) groups excluding carboxylic acids is 1. The Morgan fingerprint density at radius 3 is 2.42 bits per heavy atom. The average molecular weight is 467 g/mol. The highest BCUT2D eigenvalue weighted by Crippen LogP contribution is 2.42. The summed E-state index contributed by atoms with van der Waals surface area (Å²) in [7, 11) is 0. The van der Waals surface area contributed by atoms with Crippen molar-refractivity contribution in [2.45, 2.75) is 122 Å². The number of hydrogen-bond acceptors (Lipinski definition) is 4. The summed E-state index contributed by atoms with van der Waals surface area (Å²) in [6.07, 6.45) is 9.41. The van der Waals surface area contributed by atoms with Crippen molar-refractivity contribution in [3.05, 3.63) is 30.1 Å². The van der Waals surface area contributed by atoms with Crippen LogP contribution < -0.4 is 0 Å². The highest BCUT2D eigenvalue weighted by molar-refractivity contribution is 5.70. The predicted octanol–water partition coefficient (Wildman–Crippen LogP) is 7.05. The second kappa shape index (κ2) is 10.2. The summed E-state index contributed by atoms with van der Waals surface area (Å²) in [5, 5.41) is 0. The standard InChI is InChI=1S/C26H40F2N2O3/c1-24(2,3)33-23(31)30-21(18-19-10-7-6-8-11-19)22(32-25(30,4)5)12-9-15-26(27,28)20-13-16-29-17-14-20/h13-14,16-17,19,21-22H,6-12,15,18H2,1-5H3/t21-,22?/m0/s1. The van der Waals surface area contributed by atoms with Gasteiger partial charge in [0.25, 0.3) is 5.92 Å². The molecular weight excluding hydrogens is 426 g/mol. The number of hydrogen-bond donors (Lipinski definition) is 0. The molecule has 3 rings (SSSR count). The zero-order chi connectivity index (χ0) is 24.3. The van der Waals surface area contributed by atoms with E-state index in [0.29, 0.717) is 18.8 Å². The molecule has 2 atom stereocenters. The van der Waals surface area contributed by atoms with Crippen LogP contribution in [0.15, 0.2) is 24.5 Å². The molecular formula is C26H40F2N2O3. The van der Waals surface area contributed by atoms with Gasteiger partial charge in [0.2, 0.25) is 0 Å². The lowest BCUT2D eigenvalue weighted by molar-refractivity contribution is -0.0817. The van der Waals surface area contributed by atoms with Crippen molar-refractivity contribution in [1.29, 1.82) is 0 Å². The van der Waals surface area contributed by atoms with Gasteiger partial charge in [-0.1, -0.05) is 32.1 Å². The molecule has 186 valence electrons. The Labute approximate surface area is 197 Å². The molecule has 0 aromatic carbocycles. The lowest BCUT2D eigenvalue weighted by atomic mass is 9.83. The molecule has 1 unspecified atom stereocenters. The molecule has 2 heterocycles. The maximum atomic E-state index is 14.7. The Morgan fingerprint density at radius 1 is 1.18 bits per heavy atom. The molecule has 2 aliphatic rings. The number of amides is 1. The van der Waals surface area contributed by atoms with E-state index in [-0.39, 0.29) is 24.1 Å². The zero-order valence-corrected chi connectivity index (χ0v) is 20.8. The Bertz CT molecular complexity index is 773. The summed E-state index contributed by atoms with van der Waals surface area (Å²) < 4.78 is 41.4. The van der Waals surface area contributed by atoms with Gasteiger partial charge in [-0.3, -0.25) is 9.88 Å². The van der Waals surface area contributed by atoms with Gasteiger partial charge in [0.1, 0.15) is 11.3 Å². The molecule has 1 aliphatic carbocycles. The fourth-order valence-electron chi connectivity index (χ4n) is 5.28. The minimum Gasteiger partial charge on any atom is -0.444 e. The van der Waals surface area contributed by atoms with Crippen LogP contribution in [0.3, 0.4) is 0 Å². The summed E-state index contributed by atoms with van der Waals surface area (Å²) in [6, 6.07) is 2.56. The quantitative estimate of drug-likeness (QED) is 0.432. The predicted molar refractivity (Wildman–Crippen MR) is 124 cm³/mol. The highest BCUT2D eigenvalue weighted by Gasteiger charge is 2.51. The number of nitrogens with zero attached hydrogens (tertiary/aromatic N) is 2. The van der Waals surface area contributed by atoms with Crippen LogP contribution in [0.4, 0.5) is 13.6 Å². The van der Waals surface area contributed by atoms with Crippen LogP contribution in [0.25, 0.3) is 0 Å². The lowest BCUT2D eigenvalue weighted by Crippen LogP contribution is -2.50. The first-order valence-electron chi connectivity index (χ1n) is 12.4. The normalized spacial score (nSPS) is 24.2. The molecule has 1 aromatic rings. The molecule has 2 fully saturated rings. The Kier molecular flexibility index (Phi) is 8.03. The molecule has 1 amide bonds. The van der Waals surface area contributed by atoms with Crippen molar-refractivity contribution in [3.63, 3.8) is 0 Å². The molecule has 5 nitrogen and oxygen atoms in total. The number of carbonyl (C=O) groups is 1. The maximum absolute atomic E-state index is 14.7. The molecule has 33 heavy (non-hydrogen) atoms. The van der Waals surface area contributed by atoms with E-state index in [0.717, 1.165) is 19.3 Å². The third-order valence-corrected chi connectivity index (χ3v) is 6.75. The molecule has 0 N–H and O–H groups in total. The largest absolute Gasteiger partial charge is 0.444 e. The van der Waals surface area contributed by atoms with Crippen molar-refractivity contribution in [3.8, 4) is 0 Å². The van der Waals surface area contributed by atoms with Crippen LogP contribution in [0.1, 0.15) is 98.0 Å². The first-order chi connectivity index (χ1) is 15.4. The van der Waals surface area contributed by atoms with E-state index in [9.17, 15) is 13.6 Å². The third kappa shape index (κ3) is 6.87. The van der Waals surface area contributed by atoms with Gasteiger partial charge >= 0.3 is 6.09 Å². The Balaban J connectivity index is 1.73. The number of rotatable bonds is 7. The van der Waals surface area contributed by atoms with E-state index < -0.39 is 23.3 Å². The molecule has 1 saturated heterocycles. The van der Waals surface area contributed by atoms with E-state index in [2.05, 4.69) is 4.98 Å². The smallest absolute Gasteiger partial charge is 0.412 e. The lowest BCUT2D eigenvalue weighted by Gasteiger charge is -2.37. The molecule has 1 aromatic heterocycles. The van der Waals surface area contributed by atoms with Crippen LogP contribution in [0, 0.1) is 5.92 Å². The SMILES string of the molecule is CC(C)(C)OC(=O)N1[C@@H](CC2CCCCC2)C(CCCC(F)(F)c2ccncc2)OC1(C)C. The first kappa shape index (κ1) is 25.9. The van der Waals surface area contributed by atoms with E-state index in [1.807, 2.05) is 34.6 Å². The van der Waals surface area contributed by atoms with Crippen molar-refractivity contribution in [2.24, 2.45) is 5.92 Å². The minimum absolute atomic E-state index is 0.0145. The number of halogens is 2. The molecule has 0 bridgehead atoms. The fraction of sp³-hybridized carbons (Fsp3) is 0.769. The number of alkyl halides is 2. The topological polar surface area (TPSA) is 51.7 Å². The van der Waals surface area contributed by atoms with Gasteiger partial charge in [-0.05, 0) is 71.9 Å². The maximum Gasteiger partial charge on any atom is 0.412 e. The van der Waals surface area contributed by atoms with Crippen molar-refractivity contribution >= 4 is 6.09 Å². The number of aromatic nitrogens is 1. The van der Waals surface area contributed by atoms with E-state index in [1.165, 1.54) is 43.8 Å². The summed E-state index contributed by atoms with van der Waals surface area (Å²) >= 11 is 0. The Morgan fingerprint density at radius 2 is 1.82 bits per heavy atom. The third-order valence-electron chi connectivity index (χ3n) is 6.75. The van der Waals surface area contributed by atoms with Crippen LogP contribution in [0.5, 0.6) is 0 Å². The highest BCUT2D eigenvalue weighted by atomic mass is 19.3. The second-order valence-corrected chi connectivity index (χ2v) is 11.1. The van der Waals surface area contributed by atoms with Crippen LogP contribution >= 0.6 is 0 Å². The van der Waals surface area contributed by atoms with Crippen LogP contribution in [-0.4, -0.2) is 39.4 Å². The van der Waals surface area contributed by atoms with Crippen LogP contribution in [-0.2, 0) is 15.4 Å². The van der Waals surface area contributed by atoms with Gasteiger partial charge in [-0.15, -0.1) is 0 Å². The van der Waals surface area contributed by atoms with Gasteiger partial charge in [0.05, 0.1) is 12.1 Å². The monoisotopic (exact) mass is 466 g/mol. The second-order valence-electron chi connectivity index (χ2n) is 11.1. The minimum atomic E-state index is -2.92. The molecule has 1 saturated carbocycles. The fourth-order valence-corrected chi connectivity index (χ4v) is 5.28. The summed E-state index contributed by atoms with van der Waals surface area (Å²) in [4.78, 5) is 18.8. The number of pyridine rings is 1. The first-order valence-corrected chi connectivity index (χ1v) is 12.4. The van der Waals surface area contributed by atoms with Crippen molar-refractivity contribution in [1.82, 2.24) is 9.88 Å². The summed E-state index contributed by atoms with van der Waals surface area (Å²) in [5.41, 5.74) is -1.48. The van der Waals surface area contributed by atoms with E-state index in [4.69, 9.17) is 9.47 Å². The number of ether oxygens (including phenoxy) is 2. The van der Waals surface area contributed by atoms with E-state index >= 15 is 0 Å². The van der Waals surface area contributed by atoms with E-state index in [1.54, 1.807) is 4.90 Å². The molecule has 0 spiro atoms. The molecule has 0 radical (unpaired) electrons. The molecule has 1 aliphatic heterocycles. The van der Waals surface area contributed by atoms with Gasteiger partial charge < -0.3 is 9.47 Å². The van der Waals surface area contributed by atoms with Crippen molar-refractivity contribution < 1.29 is 23.0 Å². The van der Waals surface area contributed by atoms with Crippen molar-refractivity contribution in [2.75, 3.05) is 0 Å². The van der Waals surface area contributed by atoms with Gasteiger partial charge in [0, 0.05) is 24.4 Å². The van der Waals surface area contributed by atoms with Gasteiger partial charge in [-0.25, -0.2) is 13.6 Å². The summed E-state index contributed by atoms with van der Waals surface area (Å²) in [5.74, 6) is -2.40. The summed E-state index contributed by atoms with van der Waals surface area (Å²) in [6.45, 7) is 9.30. The molecule has 7 heteroatoms. The average Bonchev–Trinajstić information content (AvgIpc) is 2.97. The van der Waals surface area contributed by atoms with Gasteiger partial charge in [-0.2, -0.15) is 0 Å². The van der Waals surface area contributed by atoms with Gasteiger partial charge in [0.15, 0.2) is 0 Å². The van der Waals surface area contributed by atoms with Crippen LogP contribution in [0.2, 0.25) is 0 Å². The Hall–Kier alpha value is -1.76. The zero-order valence-electron chi connectivity index (χ0n) is 20.8.